The van der Waals surface area contributed by atoms with Crippen LogP contribution in [-0.2, 0) is 6.18 Å². The molecular formula is C11H7BrF4. The highest BCUT2D eigenvalue weighted by Crippen LogP contribution is 2.31. The highest BCUT2D eigenvalue weighted by molar-refractivity contribution is 9.09. The van der Waals surface area contributed by atoms with Crippen molar-refractivity contribution in [3.05, 3.63) is 35.1 Å². The number of hydrogen-bond acceptors (Lipinski definition) is 0. The number of alkyl halides is 4. The smallest absolute Gasteiger partial charge is 0.207 e. The lowest BCUT2D eigenvalue weighted by atomic mass is 10.1. The van der Waals surface area contributed by atoms with Crippen LogP contribution in [-0.4, -0.2) is 5.33 Å². The fraction of sp³-hybridized carbons (Fsp3) is 0.273. The van der Waals surface area contributed by atoms with Crippen molar-refractivity contribution in [2.45, 2.75) is 12.6 Å². The summed E-state index contributed by atoms with van der Waals surface area (Å²) in [5.74, 6) is 4.12. The van der Waals surface area contributed by atoms with Gasteiger partial charge in [-0.3, -0.25) is 0 Å². The van der Waals surface area contributed by atoms with Gasteiger partial charge >= 0.3 is 6.18 Å². The maximum Gasteiger partial charge on any atom is 0.417 e. The second kappa shape index (κ2) is 5.35. The van der Waals surface area contributed by atoms with Crippen molar-refractivity contribution >= 4 is 15.9 Å². The molecule has 16 heavy (non-hydrogen) atoms. The summed E-state index contributed by atoms with van der Waals surface area (Å²) >= 11 is 3.10. The van der Waals surface area contributed by atoms with E-state index in [1.807, 2.05) is 0 Å². The number of benzene rings is 1. The zero-order valence-electron chi connectivity index (χ0n) is 8.04. The molecule has 0 aliphatic rings. The van der Waals surface area contributed by atoms with E-state index < -0.39 is 17.6 Å². The van der Waals surface area contributed by atoms with Crippen molar-refractivity contribution in [2.24, 2.45) is 0 Å². The van der Waals surface area contributed by atoms with E-state index in [1.54, 1.807) is 0 Å². The van der Waals surface area contributed by atoms with Crippen molar-refractivity contribution in [3.8, 4) is 11.8 Å². The Balaban J connectivity index is 3.15. The van der Waals surface area contributed by atoms with Gasteiger partial charge in [0.2, 0.25) is 0 Å². The minimum Gasteiger partial charge on any atom is -0.207 e. The molecule has 0 saturated heterocycles. The first-order chi connectivity index (χ1) is 7.45. The highest BCUT2D eigenvalue weighted by atomic mass is 79.9. The molecule has 86 valence electrons. The Morgan fingerprint density at radius 2 is 1.94 bits per heavy atom. The molecule has 0 aromatic heterocycles. The van der Waals surface area contributed by atoms with E-state index in [4.69, 9.17) is 0 Å². The first kappa shape index (κ1) is 13.0. The summed E-state index contributed by atoms with van der Waals surface area (Å²) in [4.78, 5) is 0. The van der Waals surface area contributed by atoms with E-state index in [0.717, 1.165) is 12.1 Å². The molecule has 0 saturated carbocycles. The highest BCUT2D eigenvalue weighted by Gasteiger charge is 2.33. The van der Waals surface area contributed by atoms with Crippen molar-refractivity contribution in [2.75, 3.05) is 5.33 Å². The van der Waals surface area contributed by atoms with Gasteiger partial charge in [-0.25, -0.2) is 4.39 Å². The average molecular weight is 295 g/mol. The molecule has 1 aromatic carbocycles. The summed E-state index contributed by atoms with van der Waals surface area (Å²) in [7, 11) is 0. The van der Waals surface area contributed by atoms with Gasteiger partial charge in [0.1, 0.15) is 5.82 Å². The molecule has 0 unspecified atom stereocenters. The standard InChI is InChI=1S/C11H7BrF4/c12-6-2-1-3-8-7-9(13)4-5-10(8)11(14,15)16/h4-5,7H,2,6H2. The third kappa shape index (κ3) is 3.53. The van der Waals surface area contributed by atoms with Gasteiger partial charge in [-0.15, -0.1) is 0 Å². The van der Waals surface area contributed by atoms with Crippen LogP contribution in [0.4, 0.5) is 17.6 Å². The molecule has 0 aliphatic heterocycles. The summed E-state index contributed by atoms with van der Waals surface area (Å²) in [6.07, 6.45) is -4.10. The number of rotatable bonds is 1. The molecule has 1 rings (SSSR count). The lowest BCUT2D eigenvalue weighted by Gasteiger charge is -2.08. The van der Waals surface area contributed by atoms with Gasteiger partial charge in [0.15, 0.2) is 0 Å². The Morgan fingerprint density at radius 1 is 1.25 bits per heavy atom. The van der Waals surface area contributed by atoms with Gasteiger partial charge < -0.3 is 0 Å². The van der Waals surface area contributed by atoms with Crippen molar-refractivity contribution < 1.29 is 17.6 Å². The topological polar surface area (TPSA) is 0 Å². The number of hydrogen-bond donors (Lipinski definition) is 0. The fourth-order valence-corrected chi connectivity index (χ4v) is 1.27. The zero-order valence-corrected chi connectivity index (χ0v) is 9.62. The predicted molar refractivity (Wildman–Crippen MR) is 56.7 cm³/mol. The molecule has 0 heterocycles. The maximum absolute atomic E-state index is 12.8. The molecule has 0 atom stereocenters. The van der Waals surface area contributed by atoms with E-state index in [2.05, 4.69) is 27.8 Å². The molecule has 0 bridgehead atoms. The molecule has 0 aliphatic carbocycles. The van der Waals surface area contributed by atoms with Crippen molar-refractivity contribution in [1.29, 1.82) is 0 Å². The summed E-state index contributed by atoms with van der Waals surface area (Å²) < 4.78 is 50.3. The van der Waals surface area contributed by atoms with E-state index in [1.165, 1.54) is 0 Å². The second-order valence-electron chi connectivity index (χ2n) is 2.93. The van der Waals surface area contributed by atoms with Crippen LogP contribution in [0.25, 0.3) is 0 Å². The third-order valence-corrected chi connectivity index (χ3v) is 2.13. The molecule has 0 fully saturated rings. The minimum absolute atomic E-state index is 0.326. The van der Waals surface area contributed by atoms with Gasteiger partial charge in [0.05, 0.1) is 5.56 Å². The molecular weight excluding hydrogens is 288 g/mol. The largest absolute Gasteiger partial charge is 0.417 e. The van der Waals surface area contributed by atoms with Crippen molar-refractivity contribution in [1.82, 2.24) is 0 Å². The Morgan fingerprint density at radius 3 is 2.50 bits per heavy atom. The zero-order chi connectivity index (χ0) is 12.2. The van der Waals surface area contributed by atoms with E-state index in [-0.39, 0.29) is 5.56 Å². The van der Waals surface area contributed by atoms with Gasteiger partial charge in [-0.05, 0) is 18.2 Å². The van der Waals surface area contributed by atoms with Crippen LogP contribution in [0.1, 0.15) is 17.5 Å². The van der Waals surface area contributed by atoms with Crippen LogP contribution in [0.3, 0.4) is 0 Å². The van der Waals surface area contributed by atoms with Gasteiger partial charge in [-0.1, -0.05) is 27.8 Å². The Hall–Kier alpha value is -1.02. The molecule has 5 heteroatoms. The first-order valence-electron chi connectivity index (χ1n) is 4.36. The maximum atomic E-state index is 12.8. The summed E-state index contributed by atoms with van der Waals surface area (Å²) in [6, 6.07) is 2.27. The molecule has 1 aromatic rings. The van der Waals surface area contributed by atoms with Crippen LogP contribution in [0.15, 0.2) is 18.2 Å². The minimum atomic E-state index is -4.51. The Labute approximate surface area is 98.8 Å². The molecule has 0 N–H and O–H groups in total. The monoisotopic (exact) mass is 294 g/mol. The van der Waals surface area contributed by atoms with Crippen LogP contribution >= 0.6 is 15.9 Å². The SMILES string of the molecule is Fc1ccc(C(F)(F)F)c(C#CCCBr)c1. The summed E-state index contributed by atoms with van der Waals surface area (Å²) in [5.41, 5.74) is -1.23. The number of halogens is 5. The average Bonchev–Trinajstić information content (AvgIpc) is 2.16. The van der Waals surface area contributed by atoms with Crippen molar-refractivity contribution in [3.63, 3.8) is 0 Å². The van der Waals surface area contributed by atoms with E-state index in [0.29, 0.717) is 17.8 Å². The van der Waals surface area contributed by atoms with Gasteiger partial charge in [0.25, 0.3) is 0 Å². The fourth-order valence-electron chi connectivity index (χ4n) is 1.07. The molecule has 0 nitrogen and oxygen atoms in total. The predicted octanol–water partition coefficient (Wildman–Crippen LogP) is 3.98. The first-order valence-corrected chi connectivity index (χ1v) is 5.49. The normalized spacial score (nSPS) is 10.8. The molecule has 0 spiro atoms. The van der Waals surface area contributed by atoms with Crippen LogP contribution < -0.4 is 0 Å². The van der Waals surface area contributed by atoms with E-state index in [9.17, 15) is 17.6 Å². The quantitative estimate of drug-likeness (QED) is 0.417. The lowest BCUT2D eigenvalue weighted by Crippen LogP contribution is -2.07. The van der Waals surface area contributed by atoms with Gasteiger partial charge in [0, 0.05) is 17.3 Å². The lowest BCUT2D eigenvalue weighted by molar-refractivity contribution is -0.137. The second-order valence-corrected chi connectivity index (χ2v) is 3.72. The molecule has 0 amide bonds. The third-order valence-electron chi connectivity index (χ3n) is 1.73. The van der Waals surface area contributed by atoms with Crippen LogP contribution in [0.2, 0.25) is 0 Å². The van der Waals surface area contributed by atoms with Gasteiger partial charge in [-0.2, -0.15) is 13.2 Å². The molecule has 0 radical (unpaired) electrons. The van der Waals surface area contributed by atoms with Crippen LogP contribution in [0, 0.1) is 17.7 Å². The summed E-state index contributed by atoms with van der Waals surface area (Å²) in [5, 5.41) is 0.566. The Kier molecular flexibility index (Phi) is 4.36. The van der Waals surface area contributed by atoms with E-state index >= 15 is 0 Å². The van der Waals surface area contributed by atoms with Crippen LogP contribution in [0.5, 0.6) is 0 Å². The Bertz CT molecular complexity index is 426. The summed E-state index contributed by atoms with van der Waals surface area (Å²) in [6.45, 7) is 0.